The van der Waals surface area contributed by atoms with Crippen LogP contribution < -0.4 is 19.1 Å². The Morgan fingerprint density at radius 2 is 1.60 bits per heavy atom. The predicted molar refractivity (Wildman–Crippen MR) is 157 cm³/mol. The molecule has 0 radical (unpaired) electrons. The van der Waals surface area contributed by atoms with Gasteiger partial charge in [-0.25, -0.2) is 12.8 Å². The second kappa shape index (κ2) is 12.8. The topological polar surface area (TPSA) is 105 Å². The molecule has 4 rings (SSSR count). The quantitative estimate of drug-likeness (QED) is 0.369. The van der Waals surface area contributed by atoms with E-state index in [4.69, 9.17) is 9.47 Å². The SMILES string of the molecule is CC[C@H](C(=O)NC(C)(C)C)N(Cc1ccccc1)C(=O)CN(c1ccc(F)cc1)S(=O)(=O)c1ccc2c(c1)OCCO2. The minimum absolute atomic E-state index is 0.0804. The summed E-state index contributed by atoms with van der Waals surface area (Å²) < 4.78 is 54.0. The van der Waals surface area contributed by atoms with E-state index < -0.39 is 39.9 Å². The maximum atomic E-state index is 14.1. The zero-order chi connectivity index (χ0) is 30.5. The molecule has 1 aliphatic heterocycles. The first kappa shape index (κ1) is 30.8. The molecule has 0 spiro atoms. The monoisotopic (exact) mass is 597 g/mol. The number of sulfonamides is 1. The van der Waals surface area contributed by atoms with Crippen molar-refractivity contribution in [2.75, 3.05) is 24.1 Å². The zero-order valence-corrected chi connectivity index (χ0v) is 25.0. The predicted octanol–water partition coefficient (Wildman–Crippen LogP) is 4.51. The number of anilines is 1. The Kier molecular flexibility index (Phi) is 9.40. The van der Waals surface area contributed by atoms with Gasteiger partial charge in [0.1, 0.15) is 31.6 Å². The van der Waals surface area contributed by atoms with Crippen LogP contribution in [0.5, 0.6) is 11.5 Å². The number of hydrogen-bond donors (Lipinski definition) is 1. The van der Waals surface area contributed by atoms with E-state index in [0.717, 1.165) is 22.0 Å². The van der Waals surface area contributed by atoms with Crippen LogP contribution in [0.4, 0.5) is 10.1 Å². The Balaban J connectivity index is 1.74. The van der Waals surface area contributed by atoms with Crippen LogP contribution in [0.1, 0.15) is 39.7 Å². The number of halogens is 1. The number of nitrogens with zero attached hydrogens (tertiary/aromatic N) is 2. The molecular formula is C31H36FN3O6S. The van der Waals surface area contributed by atoms with Gasteiger partial charge in [0.2, 0.25) is 11.8 Å². The minimum Gasteiger partial charge on any atom is -0.486 e. The number of nitrogens with one attached hydrogen (secondary N) is 1. The molecule has 1 aliphatic rings. The highest BCUT2D eigenvalue weighted by Gasteiger charge is 2.35. The summed E-state index contributed by atoms with van der Waals surface area (Å²) in [7, 11) is -4.36. The molecule has 3 aromatic rings. The number of amides is 2. The highest BCUT2D eigenvalue weighted by Crippen LogP contribution is 2.34. The molecule has 9 nitrogen and oxygen atoms in total. The average molecular weight is 598 g/mol. The van der Waals surface area contributed by atoms with Crippen molar-refractivity contribution in [3.05, 3.63) is 84.2 Å². The Morgan fingerprint density at radius 1 is 0.952 bits per heavy atom. The van der Waals surface area contributed by atoms with E-state index in [0.29, 0.717) is 18.8 Å². The van der Waals surface area contributed by atoms with Crippen LogP contribution in [0.15, 0.2) is 77.7 Å². The van der Waals surface area contributed by atoms with Crippen molar-refractivity contribution < 1.29 is 31.9 Å². The Hall–Kier alpha value is -4.12. The molecule has 11 heteroatoms. The van der Waals surface area contributed by atoms with Gasteiger partial charge in [-0.15, -0.1) is 0 Å². The zero-order valence-electron chi connectivity index (χ0n) is 24.2. The van der Waals surface area contributed by atoms with Gasteiger partial charge >= 0.3 is 0 Å². The standard InChI is InChI=1S/C31H36FN3O6S/c1-5-26(30(37)33-31(2,3)4)34(20-22-9-7-6-8-10-22)29(36)21-35(24-13-11-23(32)12-14-24)42(38,39)25-15-16-27-28(19-25)41-18-17-40-27/h6-16,19,26H,5,17-18,20-21H2,1-4H3,(H,33,37)/t26-/m1/s1. The van der Waals surface area contributed by atoms with E-state index in [9.17, 15) is 22.4 Å². The lowest BCUT2D eigenvalue weighted by molar-refractivity contribution is -0.141. The molecule has 42 heavy (non-hydrogen) atoms. The fourth-order valence-electron chi connectivity index (χ4n) is 4.60. The van der Waals surface area contributed by atoms with Crippen LogP contribution in [0.3, 0.4) is 0 Å². The maximum Gasteiger partial charge on any atom is 0.264 e. The molecule has 0 fully saturated rings. The maximum absolute atomic E-state index is 14.1. The lowest BCUT2D eigenvalue weighted by Crippen LogP contribution is -2.55. The average Bonchev–Trinajstić information content (AvgIpc) is 2.95. The number of benzene rings is 3. The summed E-state index contributed by atoms with van der Waals surface area (Å²) in [4.78, 5) is 28.7. The van der Waals surface area contributed by atoms with Crippen molar-refractivity contribution in [3.63, 3.8) is 0 Å². The molecule has 0 aromatic heterocycles. The first-order chi connectivity index (χ1) is 19.9. The van der Waals surface area contributed by atoms with Gasteiger partial charge in [-0.3, -0.25) is 13.9 Å². The summed E-state index contributed by atoms with van der Waals surface area (Å²) in [6, 6.07) is 17.3. The molecule has 0 aliphatic carbocycles. The van der Waals surface area contributed by atoms with Gasteiger partial charge < -0.3 is 19.7 Å². The van der Waals surface area contributed by atoms with Crippen LogP contribution in [0, 0.1) is 5.82 Å². The fraction of sp³-hybridized carbons (Fsp3) is 0.355. The van der Waals surface area contributed by atoms with Gasteiger partial charge in [-0.05, 0) is 69.2 Å². The van der Waals surface area contributed by atoms with Crippen LogP contribution in [-0.2, 0) is 26.2 Å². The third-order valence-electron chi connectivity index (χ3n) is 6.57. The van der Waals surface area contributed by atoms with Crippen LogP contribution in [-0.4, -0.2) is 56.5 Å². The molecule has 0 saturated carbocycles. The van der Waals surface area contributed by atoms with Crippen molar-refractivity contribution in [1.29, 1.82) is 0 Å². The molecule has 3 aromatic carbocycles. The molecule has 224 valence electrons. The second-order valence-electron chi connectivity index (χ2n) is 11.0. The van der Waals surface area contributed by atoms with Crippen molar-refractivity contribution in [3.8, 4) is 11.5 Å². The van der Waals surface area contributed by atoms with E-state index >= 15 is 0 Å². The minimum atomic E-state index is -4.36. The fourth-order valence-corrected chi connectivity index (χ4v) is 6.03. The first-order valence-corrected chi connectivity index (χ1v) is 15.2. The third kappa shape index (κ3) is 7.39. The van der Waals surface area contributed by atoms with Crippen molar-refractivity contribution in [2.24, 2.45) is 0 Å². The lowest BCUT2D eigenvalue weighted by Gasteiger charge is -2.34. The van der Waals surface area contributed by atoms with E-state index in [1.54, 1.807) is 6.92 Å². The van der Waals surface area contributed by atoms with E-state index in [1.807, 2.05) is 51.1 Å². The summed E-state index contributed by atoms with van der Waals surface area (Å²) in [6.07, 6.45) is 0.298. The number of carbonyl (C=O) groups is 2. The highest BCUT2D eigenvalue weighted by atomic mass is 32.2. The summed E-state index contributed by atoms with van der Waals surface area (Å²) in [5.74, 6) is -0.826. The molecular weight excluding hydrogens is 561 g/mol. The number of hydrogen-bond acceptors (Lipinski definition) is 6. The van der Waals surface area contributed by atoms with Crippen molar-refractivity contribution in [1.82, 2.24) is 10.2 Å². The second-order valence-corrected chi connectivity index (χ2v) is 12.8. The molecule has 0 saturated heterocycles. The summed E-state index contributed by atoms with van der Waals surface area (Å²) in [6.45, 7) is 7.38. The number of rotatable bonds is 10. The number of carbonyl (C=O) groups excluding carboxylic acids is 2. The lowest BCUT2D eigenvalue weighted by atomic mass is 10.1. The molecule has 2 amide bonds. The molecule has 0 unspecified atom stereocenters. The van der Waals surface area contributed by atoms with Crippen LogP contribution >= 0.6 is 0 Å². The summed E-state index contributed by atoms with van der Waals surface area (Å²) in [5.41, 5.74) is 0.315. The Bertz CT molecular complexity index is 1510. The van der Waals surface area contributed by atoms with Crippen LogP contribution in [0.2, 0.25) is 0 Å². The Labute approximate surface area is 246 Å². The molecule has 0 bridgehead atoms. The smallest absolute Gasteiger partial charge is 0.264 e. The van der Waals surface area contributed by atoms with Gasteiger partial charge in [0, 0.05) is 18.2 Å². The van der Waals surface area contributed by atoms with E-state index in [1.165, 1.54) is 35.2 Å². The van der Waals surface area contributed by atoms with Gasteiger partial charge in [-0.1, -0.05) is 37.3 Å². The van der Waals surface area contributed by atoms with Gasteiger partial charge in [0.05, 0.1) is 10.6 Å². The first-order valence-electron chi connectivity index (χ1n) is 13.7. The van der Waals surface area contributed by atoms with Crippen LogP contribution in [0.25, 0.3) is 0 Å². The van der Waals surface area contributed by atoms with Crippen molar-refractivity contribution in [2.45, 2.75) is 57.1 Å². The largest absolute Gasteiger partial charge is 0.486 e. The number of fused-ring (bicyclic) bond motifs is 1. The molecule has 1 heterocycles. The summed E-state index contributed by atoms with van der Waals surface area (Å²) >= 11 is 0. The third-order valence-corrected chi connectivity index (χ3v) is 8.34. The molecule has 1 atom stereocenters. The Morgan fingerprint density at radius 3 is 2.21 bits per heavy atom. The van der Waals surface area contributed by atoms with E-state index in [-0.39, 0.29) is 35.4 Å². The molecule has 1 N–H and O–H groups in total. The van der Waals surface area contributed by atoms with Gasteiger partial charge in [-0.2, -0.15) is 0 Å². The number of ether oxygens (including phenoxy) is 2. The van der Waals surface area contributed by atoms with E-state index in [2.05, 4.69) is 5.32 Å². The van der Waals surface area contributed by atoms with Gasteiger partial charge in [0.25, 0.3) is 10.0 Å². The normalized spacial score (nSPS) is 13.6. The van der Waals surface area contributed by atoms with Gasteiger partial charge in [0.15, 0.2) is 11.5 Å². The highest BCUT2D eigenvalue weighted by molar-refractivity contribution is 7.92. The summed E-state index contributed by atoms with van der Waals surface area (Å²) in [5, 5.41) is 2.94. The van der Waals surface area contributed by atoms with Crippen molar-refractivity contribution >= 4 is 27.5 Å².